The fraction of sp³-hybridized carbons (Fsp3) is 0.231. The van der Waals surface area contributed by atoms with Gasteiger partial charge in [0, 0.05) is 22.5 Å². The standard InChI is InChI=1S/C13H14ClNS/c1-2-10-3-5-12(6-4-10)15-8-13-7-11(14)9-16-13/h3-7,9,15H,2,8H2,1H3. The lowest BCUT2D eigenvalue weighted by Gasteiger charge is -2.05. The second-order valence-corrected chi connectivity index (χ2v) is 5.07. The van der Waals surface area contributed by atoms with Crippen LogP contribution in [-0.2, 0) is 13.0 Å². The summed E-state index contributed by atoms with van der Waals surface area (Å²) < 4.78 is 0. The molecule has 16 heavy (non-hydrogen) atoms. The second-order valence-electron chi connectivity index (χ2n) is 3.64. The molecule has 1 nitrogen and oxygen atoms in total. The van der Waals surface area contributed by atoms with Gasteiger partial charge >= 0.3 is 0 Å². The Morgan fingerprint density at radius 2 is 2.00 bits per heavy atom. The molecule has 0 saturated heterocycles. The predicted molar refractivity (Wildman–Crippen MR) is 72.5 cm³/mol. The first-order chi connectivity index (χ1) is 7.78. The molecule has 0 saturated carbocycles. The molecule has 0 spiro atoms. The number of aryl methyl sites for hydroxylation is 1. The normalized spacial score (nSPS) is 10.4. The van der Waals surface area contributed by atoms with E-state index in [9.17, 15) is 0 Å². The Morgan fingerprint density at radius 1 is 1.25 bits per heavy atom. The summed E-state index contributed by atoms with van der Waals surface area (Å²) in [4.78, 5) is 1.25. The highest BCUT2D eigenvalue weighted by molar-refractivity contribution is 7.10. The third-order valence-electron chi connectivity index (χ3n) is 2.45. The lowest BCUT2D eigenvalue weighted by Crippen LogP contribution is -1.97. The van der Waals surface area contributed by atoms with Gasteiger partial charge < -0.3 is 5.32 Å². The lowest BCUT2D eigenvalue weighted by molar-refractivity contribution is 1.13. The minimum Gasteiger partial charge on any atom is -0.380 e. The fourth-order valence-corrected chi connectivity index (χ4v) is 2.51. The van der Waals surface area contributed by atoms with Gasteiger partial charge in [0.05, 0.1) is 5.02 Å². The monoisotopic (exact) mass is 251 g/mol. The second kappa shape index (κ2) is 5.37. The number of halogens is 1. The molecule has 2 aromatic rings. The SMILES string of the molecule is CCc1ccc(NCc2cc(Cl)cs2)cc1. The number of rotatable bonds is 4. The fourth-order valence-electron chi connectivity index (χ4n) is 1.49. The number of hydrogen-bond acceptors (Lipinski definition) is 2. The molecule has 84 valence electrons. The average Bonchev–Trinajstić information content (AvgIpc) is 2.73. The highest BCUT2D eigenvalue weighted by Gasteiger charge is 1.98. The van der Waals surface area contributed by atoms with Gasteiger partial charge in [-0.15, -0.1) is 11.3 Å². The van der Waals surface area contributed by atoms with Gasteiger partial charge in [-0.25, -0.2) is 0 Å². The topological polar surface area (TPSA) is 12.0 Å². The molecule has 2 rings (SSSR count). The minimum absolute atomic E-state index is 0.822. The van der Waals surface area contributed by atoms with Gasteiger partial charge in [0.15, 0.2) is 0 Å². The summed E-state index contributed by atoms with van der Waals surface area (Å²) in [7, 11) is 0. The van der Waals surface area contributed by atoms with E-state index in [1.54, 1.807) is 11.3 Å². The van der Waals surface area contributed by atoms with Crippen molar-refractivity contribution >= 4 is 28.6 Å². The number of benzene rings is 1. The molecule has 1 aromatic carbocycles. The average molecular weight is 252 g/mol. The van der Waals surface area contributed by atoms with E-state index >= 15 is 0 Å². The van der Waals surface area contributed by atoms with Crippen LogP contribution >= 0.6 is 22.9 Å². The zero-order valence-electron chi connectivity index (χ0n) is 9.16. The smallest absolute Gasteiger partial charge is 0.0516 e. The number of nitrogens with one attached hydrogen (secondary N) is 1. The maximum absolute atomic E-state index is 5.86. The number of anilines is 1. The van der Waals surface area contributed by atoms with Crippen LogP contribution in [0, 0.1) is 0 Å². The predicted octanol–water partition coefficient (Wildman–Crippen LogP) is 4.58. The summed E-state index contributed by atoms with van der Waals surface area (Å²) in [6, 6.07) is 10.6. The Bertz CT molecular complexity index is 447. The van der Waals surface area contributed by atoms with E-state index in [1.165, 1.54) is 10.4 Å². The van der Waals surface area contributed by atoms with Crippen LogP contribution in [0.3, 0.4) is 0 Å². The van der Waals surface area contributed by atoms with E-state index in [-0.39, 0.29) is 0 Å². The Morgan fingerprint density at radius 3 is 2.56 bits per heavy atom. The summed E-state index contributed by atoms with van der Waals surface area (Å²) in [6.07, 6.45) is 1.08. The largest absolute Gasteiger partial charge is 0.380 e. The maximum atomic E-state index is 5.86. The van der Waals surface area contributed by atoms with Crippen molar-refractivity contribution in [3.8, 4) is 0 Å². The van der Waals surface area contributed by atoms with Crippen LogP contribution in [-0.4, -0.2) is 0 Å². The van der Waals surface area contributed by atoms with Crippen molar-refractivity contribution in [3.63, 3.8) is 0 Å². The van der Waals surface area contributed by atoms with Gasteiger partial charge in [0.2, 0.25) is 0 Å². The molecule has 0 aliphatic heterocycles. The Hall–Kier alpha value is -0.990. The van der Waals surface area contributed by atoms with Gasteiger partial charge in [-0.3, -0.25) is 0 Å². The summed E-state index contributed by atoms with van der Waals surface area (Å²) in [5.74, 6) is 0. The van der Waals surface area contributed by atoms with E-state index in [1.807, 2.05) is 11.4 Å². The van der Waals surface area contributed by atoms with Crippen LogP contribution in [0.5, 0.6) is 0 Å². The zero-order valence-corrected chi connectivity index (χ0v) is 10.7. The van der Waals surface area contributed by atoms with E-state index < -0.39 is 0 Å². The van der Waals surface area contributed by atoms with Crippen LogP contribution < -0.4 is 5.32 Å². The van der Waals surface area contributed by atoms with Crippen molar-refractivity contribution in [1.29, 1.82) is 0 Å². The van der Waals surface area contributed by atoms with Crippen molar-refractivity contribution in [2.75, 3.05) is 5.32 Å². The number of thiophene rings is 1. The molecular weight excluding hydrogens is 238 g/mol. The summed E-state index contributed by atoms with van der Waals surface area (Å²) in [5, 5.41) is 6.16. The van der Waals surface area contributed by atoms with Gasteiger partial charge in [-0.1, -0.05) is 30.7 Å². The van der Waals surface area contributed by atoms with E-state index in [0.717, 1.165) is 23.7 Å². The maximum Gasteiger partial charge on any atom is 0.0516 e. The highest BCUT2D eigenvalue weighted by atomic mass is 35.5. The van der Waals surface area contributed by atoms with Crippen molar-refractivity contribution in [2.24, 2.45) is 0 Å². The highest BCUT2D eigenvalue weighted by Crippen LogP contribution is 2.20. The molecule has 0 aliphatic rings. The summed E-state index contributed by atoms with van der Waals surface area (Å²) >= 11 is 7.55. The Labute approximate surface area is 105 Å². The molecular formula is C13H14ClNS. The Balaban J connectivity index is 1.94. The summed E-state index contributed by atoms with van der Waals surface area (Å²) in [6.45, 7) is 3.00. The molecule has 0 fully saturated rings. The van der Waals surface area contributed by atoms with Crippen LogP contribution in [0.4, 0.5) is 5.69 Å². The molecule has 0 unspecified atom stereocenters. The molecule has 1 N–H and O–H groups in total. The van der Waals surface area contributed by atoms with Crippen molar-refractivity contribution in [1.82, 2.24) is 0 Å². The first-order valence-electron chi connectivity index (χ1n) is 5.33. The molecule has 0 radical (unpaired) electrons. The molecule has 0 bridgehead atoms. The molecule has 0 aliphatic carbocycles. The van der Waals surface area contributed by atoms with Crippen LogP contribution in [0.25, 0.3) is 0 Å². The minimum atomic E-state index is 0.822. The van der Waals surface area contributed by atoms with Gasteiger partial charge in [0.1, 0.15) is 0 Å². The van der Waals surface area contributed by atoms with Crippen LogP contribution in [0.2, 0.25) is 5.02 Å². The quantitative estimate of drug-likeness (QED) is 0.839. The molecule has 1 aromatic heterocycles. The molecule has 0 atom stereocenters. The van der Waals surface area contributed by atoms with Gasteiger partial charge in [-0.2, -0.15) is 0 Å². The zero-order chi connectivity index (χ0) is 11.4. The van der Waals surface area contributed by atoms with Gasteiger partial charge in [0.25, 0.3) is 0 Å². The molecule has 1 heterocycles. The summed E-state index contributed by atoms with van der Waals surface area (Å²) in [5.41, 5.74) is 2.52. The van der Waals surface area contributed by atoms with Crippen LogP contribution in [0.1, 0.15) is 17.4 Å². The Kier molecular flexibility index (Phi) is 3.86. The van der Waals surface area contributed by atoms with Gasteiger partial charge in [-0.05, 0) is 30.2 Å². The lowest BCUT2D eigenvalue weighted by atomic mass is 10.1. The first-order valence-corrected chi connectivity index (χ1v) is 6.59. The third-order valence-corrected chi connectivity index (χ3v) is 3.74. The van der Waals surface area contributed by atoms with E-state index in [2.05, 4.69) is 36.5 Å². The van der Waals surface area contributed by atoms with E-state index in [4.69, 9.17) is 11.6 Å². The van der Waals surface area contributed by atoms with E-state index in [0.29, 0.717) is 0 Å². The molecule has 0 amide bonds. The van der Waals surface area contributed by atoms with Crippen molar-refractivity contribution < 1.29 is 0 Å². The molecule has 3 heteroatoms. The third kappa shape index (κ3) is 3.00. The van der Waals surface area contributed by atoms with Crippen molar-refractivity contribution in [3.05, 3.63) is 51.2 Å². The first kappa shape index (κ1) is 11.5. The van der Waals surface area contributed by atoms with Crippen LogP contribution in [0.15, 0.2) is 35.7 Å². The van der Waals surface area contributed by atoms with Crippen molar-refractivity contribution in [2.45, 2.75) is 19.9 Å². The number of hydrogen-bond donors (Lipinski definition) is 1.